The van der Waals surface area contributed by atoms with Crippen LogP contribution in [0.5, 0.6) is 0 Å². The van der Waals surface area contributed by atoms with Gasteiger partial charge in [0.15, 0.2) is 5.96 Å². The molecule has 1 aromatic heterocycles. The van der Waals surface area contributed by atoms with Crippen molar-refractivity contribution < 1.29 is 4.79 Å². The predicted octanol–water partition coefficient (Wildman–Crippen LogP) is 1.48. The van der Waals surface area contributed by atoms with E-state index in [1.165, 1.54) is 0 Å². The van der Waals surface area contributed by atoms with Gasteiger partial charge in [0.2, 0.25) is 5.91 Å². The second-order valence-electron chi connectivity index (χ2n) is 7.17. The maximum Gasteiger partial charge on any atom is 0.250 e. The van der Waals surface area contributed by atoms with Gasteiger partial charge < -0.3 is 20.5 Å². The minimum Gasteiger partial charge on any atom is -0.357 e. The Hall–Kier alpha value is -3.09. The second-order valence-corrected chi connectivity index (χ2v) is 7.17. The fourth-order valence-corrected chi connectivity index (χ4v) is 2.91. The maximum atomic E-state index is 11.8. The number of nitrogens with zero attached hydrogens (tertiary/aromatic N) is 2. The SMILES string of the molecule is CCNC(=NCc1ccc(Cn2ccccc2=O)cc1)NCCNC(=O)C1CC1. The van der Waals surface area contributed by atoms with Crippen LogP contribution in [0.2, 0.25) is 0 Å². The molecule has 0 bridgehead atoms. The van der Waals surface area contributed by atoms with Crippen molar-refractivity contribution in [3.63, 3.8) is 0 Å². The molecular weight excluding hydrogens is 366 g/mol. The van der Waals surface area contributed by atoms with E-state index in [4.69, 9.17) is 0 Å². The minimum absolute atomic E-state index is 0.00384. The van der Waals surface area contributed by atoms with Crippen molar-refractivity contribution in [2.75, 3.05) is 19.6 Å². The van der Waals surface area contributed by atoms with Crippen LogP contribution in [-0.2, 0) is 17.9 Å². The molecule has 0 unspecified atom stereocenters. The molecule has 0 saturated heterocycles. The zero-order chi connectivity index (χ0) is 20.5. The number of guanidine groups is 1. The third-order valence-electron chi connectivity index (χ3n) is 4.70. The van der Waals surface area contributed by atoms with Crippen LogP contribution in [0.1, 0.15) is 30.9 Å². The van der Waals surface area contributed by atoms with Crippen molar-refractivity contribution in [3.8, 4) is 0 Å². The zero-order valence-electron chi connectivity index (χ0n) is 16.9. The fourth-order valence-electron chi connectivity index (χ4n) is 2.91. The number of aliphatic imine (C=N–C) groups is 1. The molecule has 154 valence electrons. The molecule has 1 saturated carbocycles. The van der Waals surface area contributed by atoms with E-state index < -0.39 is 0 Å². The van der Waals surface area contributed by atoms with E-state index in [1.807, 2.05) is 37.3 Å². The molecule has 1 aliphatic rings. The minimum atomic E-state index is -0.00384. The largest absolute Gasteiger partial charge is 0.357 e. The molecule has 3 rings (SSSR count). The van der Waals surface area contributed by atoms with Crippen LogP contribution in [0.4, 0.5) is 0 Å². The molecule has 1 amide bonds. The number of pyridine rings is 1. The molecule has 3 N–H and O–H groups in total. The zero-order valence-corrected chi connectivity index (χ0v) is 16.9. The molecule has 2 aromatic rings. The average Bonchev–Trinajstić information content (AvgIpc) is 3.57. The third-order valence-corrected chi connectivity index (χ3v) is 4.70. The quantitative estimate of drug-likeness (QED) is 0.341. The Morgan fingerprint density at radius 2 is 1.76 bits per heavy atom. The summed E-state index contributed by atoms with van der Waals surface area (Å²) < 4.78 is 1.68. The van der Waals surface area contributed by atoms with E-state index in [2.05, 4.69) is 20.9 Å². The van der Waals surface area contributed by atoms with Crippen LogP contribution in [-0.4, -0.2) is 36.1 Å². The second kappa shape index (κ2) is 10.5. The van der Waals surface area contributed by atoms with Crippen LogP contribution in [0.3, 0.4) is 0 Å². The van der Waals surface area contributed by atoms with Gasteiger partial charge in [-0.25, -0.2) is 4.99 Å². The molecule has 1 aromatic carbocycles. The van der Waals surface area contributed by atoms with E-state index in [0.29, 0.717) is 26.2 Å². The van der Waals surface area contributed by atoms with Gasteiger partial charge in [-0.1, -0.05) is 30.3 Å². The lowest BCUT2D eigenvalue weighted by Crippen LogP contribution is -2.41. The summed E-state index contributed by atoms with van der Waals surface area (Å²) in [6.45, 7) is 5.12. The third kappa shape index (κ3) is 6.78. The lowest BCUT2D eigenvalue weighted by molar-refractivity contribution is -0.122. The lowest BCUT2D eigenvalue weighted by atomic mass is 10.1. The Morgan fingerprint density at radius 1 is 1.03 bits per heavy atom. The number of benzene rings is 1. The number of hydrogen-bond acceptors (Lipinski definition) is 3. The molecule has 1 heterocycles. The topological polar surface area (TPSA) is 87.5 Å². The molecule has 0 atom stereocenters. The predicted molar refractivity (Wildman–Crippen MR) is 115 cm³/mol. The van der Waals surface area contributed by atoms with E-state index >= 15 is 0 Å². The maximum absolute atomic E-state index is 11.8. The number of amides is 1. The molecule has 7 nitrogen and oxygen atoms in total. The molecule has 0 spiro atoms. The van der Waals surface area contributed by atoms with Gasteiger partial charge >= 0.3 is 0 Å². The van der Waals surface area contributed by atoms with Gasteiger partial charge in [0.05, 0.1) is 13.1 Å². The number of aromatic nitrogens is 1. The molecule has 1 fully saturated rings. The summed E-state index contributed by atoms with van der Waals surface area (Å²) in [6.07, 6.45) is 3.83. The van der Waals surface area contributed by atoms with Crippen LogP contribution >= 0.6 is 0 Å². The fraction of sp³-hybridized carbons (Fsp3) is 0.409. The van der Waals surface area contributed by atoms with E-state index in [0.717, 1.165) is 36.5 Å². The van der Waals surface area contributed by atoms with Crippen molar-refractivity contribution in [2.24, 2.45) is 10.9 Å². The van der Waals surface area contributed by atoms with Gasteiger partial charge in [-0.05, 0) is 37.0 Å². The number of carbonyl (C=O) groups is 1. The van der Waals surface area contributed by atoms with Gasteiger partial charge in [-0.2, -0.15) is 0 Å². The van der Waals surface area contributed by atoms with E-state index in [9.17, 15) is 9.59 Å². The number of hydrogen-bond donors (Lipinski definition) is 3. The Balaban J connectivity index is 1.48. The van der Waals surface area contributed by atoms with Crippen LogP contribution < -0.4 is 21.5 Å². The molecule has 1 aliphatic carbocycles. The van der Waals surface area contributed by atoms with Gasteiger partial charge in [0.25, 0.3) is 5.56 Å². The summed E-state index contributed by atoms with van der Waals surface area (Å²) in [5.74, 6) is 1.13. The Bertz CT molecular complexity index is 885. The van der Waals surface area contributed by atoms with Crippen LogP contribution in [0.25, 0.3) is 0 Å². The number of nitrogens with one attached hydrogen (secondary N) is 3. The summed E-state index contributed by atoms with van der Waals surface area (Å²) in [4.78, 5) is 28.1. The summed E-state index contributed by atoms with van der Waals surface area (Å²) in [7, 11) is 0. The first-order chi connectivity index (χ1) is 14.2. The first kappa shape index (κ1) is 20.6. The summed E-state index contributed by atoms with van der Waals surface area (Å²) >= 11 is 0. The van der Waals surface area contributed by atoms with Crippen molar-refractivity contribution in [3.05, 3.63) is 70.1 Å². The van der Waals surface area contributed by atoms with Gasteiger partial charge in [0.1, 0.15) is 0 Å². The molecule has 0 radical (unpaired) electrons. The van der Waals surface area contributed by atoms with Crippen molar-refractivity contribution >= 4 is 11.9 Å². The number of carbonyl (C=O) groups excluding carboxylic acids is 1. The van der Waals surface area contributed by atoms with Gasteiger partial charge in [-0.3, -0.25) is 9.59 Å². The van der Waals surface area contributed by atoms with Crippen molar-refractivity contribution in [1.29, 1.82) is 0 Å². The van der Waals surface area contributed by atoms with Crippen LogP contribution in [0, 0.1) is 5.92 Å². The Kier molecular flexibility index (Phi) is 7.44. The van der Waals surface area contributed by atoms with E-state index in [-0.39, 0.29) is 17.4 Å². The monoisotopic (exact) mass is 395 g/mol. The van der Waals surface area contributed by atoms with Crippen molar-refractivity contribution in [2.45, 2.75) is 32.9 Å². The van der Waals surface area contributed by atoms with Crippen molar-refractivity contribution in [1.82, 2.24) is 20.5 Å². The smallest absolute Gasteiger partial charge is 0.250 e. The summed E-state index contributed by atoms with van der Waals surface area (Å²) in [6, 6.07) is 13.3. The van der Waals surface area contributed by atoms with Gasteiger partial charge in [-0.15, -0.1) is 0 Å². The highest BCUT2D eigenvalue weighted by Gasteiger charge is 2.28. The standard InChI is InChI=1S/C22H29N5O2/c1-2-23-22(25-13-12-24-21(29)19-10-11-19)26-15-17-6-8-18(9-7-17)16-27-14-4-3-5-20(27)28/h3-9,14,19H,2,10-13,15-16H2,1H3,(H,24,29)(H2,23,25,26). The molecule has 0 aliphatic heterocycles. The highest BCUT2D eigenvalue weighted by atomic mass is 16.2. The lowest BCUT2D eigenvalue weighted by Gasteiger charge is -2.12. The van der Waals surface area contributed by atoms with Crippen LogP contribution in [0.15, 0.2) is 58.4 Å². The summed E-state index contributed by atoms with van der Waals surface area (Å²) in [5, 5.41) is 9.39. The highest BCUT2D eigenvalue weighted by Crippen LogP contribution is 2.28. The highest BCUT2D eigenvalue weighted by molar-refractivity contribution is 5.81. The van der Waals surface area contributed by atoms with Gasteiger partial charge in [0, 0.05) is 37.8 Å². The Morgan fingerprint density at radius 3 is 2.45 bits per heavy atom. The molecular formula is C22H29N5O2. The molecule has 29 heavy (non-hydrogen) atoms. The Labute approximate surface area is 171 Å². The first-order valence-corrected chi connectivity index (χ1v) is 10.2. The summed E-state index contributed by atoms with van der Waals surface area (Å²) in [5.41, 5.74) is 2.16. The van der Waals surface area contributed by atoms with E-state index in [1.54, 1.807) is 22.9 Å². The molecule has 7 heteroatoms. The first-order valence-electron chi connectivity index (χ1n) is 10.2. The number of rotatable bonds is 9. The average molecular weight is 396 g/mol. The normalized spacial score (nSPS) is 13.8.